The smallest absolute Gasteiger partial charge is 0.118 e. The van der Waals surface area contributed by atoms with Crippen LogP contribution in [-0.4, -0.2) is 35.0 Å². The van der Waals surface area contributed by atoms with E-state index in [0.29, 0.717) is 0 Å². The first-order chi connectivity index (χ1) is 9.20. The number of hydrogen-bond donors (Lipinski definition) is 1. The van der Waals surface area contributed by atoms with Crippen molar-refractivity contribution in [1.82, 2.24) is 10.2 Å². The van der Waals surface area contributed by atoms with Crippen LogP contribution in [0.1, 0.15) is 36.8 Å². The summed E-state index contributed by atoms with van der Waals surface area (Å²) in [5, 5.41) is 4.27. The van der Waals surface area contributed by atoms with Crippen molar-refractivity contribution in [2.75, 3.05) is 18.8 Å². The minimum atomic E-state index is 0.744. The monoisotopic (exact) mass is 280 g/mol. The lowest BCUT2D eigenvalue weighted by Crippen LogP contribution is -2.36. The molecule has 1 unspecified atom stereocenters. The SMILES string of the molecule is Cc1oc(CNC2CC2)cc1CN1CCSC(C)C1. The summed E-state index contributed by atoms with van der Waals surface area (Å²) in [6.07, 6.45) is 2.66. The van der Waals surface area contributed by atoms with Crippen LogP contribution in [0.25, 0.3) is 0 Å². The van der Waals surface area contributed by atoms with Gasteiger partial charge in [0.05, 0.1) is 6.54 Å². The van der Waals surface area contributed by atoms with Crippen LogP contribution in [0.2, 0.25) is 0 Å². The highest BCUT2D eigenvalue weighted by molar-refractivity contribution is 7.99. The second kappa shape index (κ2) is 5.90. The van der Waals surface area contributed by atoms with Gasteiger partial charge in [0.15, 0.2) is 0 Å². The molecule has 1 aliphatic heterocycles. The van der Waals surface area contributed by atoms with Crippen molar-refractivity contribution < 1.29 is 4.42 Å². The quantitative estimate of drug-likeness (QED) is 0.898. The van der Waals surface area contributed by atoms with Crippen molar-refractivity contribution in [3.63, 3.8) is 0 Å². The molecule has 19 heavy (non-hydrogen) atoms. The number of aryl methyl sites for hydroxylation is 1. The Morgan fingerprint density at radius 2 is 2.32 bits per heavy atom. The number of nitrogens with zero attached hydrogens (tertiary/aromatic N) is 1. The van der Waals surface area contributed by atoms with E-state index in [9.17, 15) is 0 Å². The van der Waals surface area contributed by atoms with Crippen LogP contribution >= 0.6 is 11.8 Å². The van der Waals surface area contributed by atoms with Gasteiger partial charge >= 0.3 is 0 Å². The second-order valence-corrected chi connectivity index (χ2v) is 7.41. The number of rotatable bonds is 5. The molecule has 0 spiro atoms. The Morgan fingerprint density at radius 3 is 3.05 bits per heavy atom. The fourth-order valence-corrected chi connectivity index (χ4v) is 3.72. The lowest BCUT2D eigenvalue weighted by molar-refractivity contribution is 0.276. The topological polar surface area (TPSA) is 28.4 Å². The predicted octanol–water partition coefficient (Wildman–Crippen LogP) is 2.78. The fraction of sp³-hybridized carbons (Fsp3) is 0.733. The Balaban J connectivity index is 1.56. The molecule has 1 aromatic rings. The van der Waals surface area contributed by atoms with Gasteiger partial charge in [0.1, 0.15) is 11.5 Å². The summed E-state index contributed by atoms with van der Waals surface area (Å²) >= 11 is 2.08. The van der Waals surface area contributed by atoms with Crippen LogP contribution < -0.4 is 5.32 Å². The predicted molar refractivity (Wildman–Crippen MR) is 80.5 cm³/mol. The Bertz CT molecular complexity index is 428. The first kappa shape index (κ1) is 13.5. The number of hydrogen-bond acceptors (Lipinski definition) is 4. The van der Waals surface area contributed by atoms with Crippen molar-refractivity contribution in [3.8, 4) is 0 Å². The van der Waals surface area contributed by atoms with Crippen LogP contribution in [0.15, 0.2) is 10.5 Å². The normalized spacial score (nSPS) is 24.8. The summed E-state index contributed by atoms with van der Waals surface area (Å²) in [7, 11) is 0. The van der Waals surface area contributed by atoms with Gasteiger partial charge in [0.2, 0.25) is 0 Å². The molecule has 0 radical (unpaired) electrons. The minimum Gasteiger partial charge on any atom is -0.465 e. The average Bonchev–Trinajstić information content (AvgIpc) is 3.13. The molecule has 4 heteroatoms. The van der Waals surface area contributed by atoms with Crippen molar-refractivity contribution in [2.24, 2.45) is 0 Å². The van der Waals surface area contributed by atoms with E-state index in [2.05, 4.69) is 41.9 Å². The third-order valence-corrected chi connectivity index (χ3v) is 5.07. The number of thioether (sulfide) groups is 1. The molecule has 1 aromatic heterocycles. The molecule has 1 saturated carbocycles. The molecule has 2 fully saturated rings. The fourth-order valence-electron chi connectivity index (χ4n) is 2.64. The van der Waals surface area contributed by atoms with Gasteiger partial charge in [-0.2, -0.15) is 11.8 Å². The highest BCUT2D eigenvalue weighted by atomic mass is 32.2. The third kappa shape index (κ3) is 3.77. The molecular formula is C15H24N2OS. The molecule has 1 aliphatic carbocycles. The maximum absolute atomic E-state index is 5.87. The minimum absolute atomic E-state index is 0.744. The van der Waals surface area contributed by atoms with E-state index in [1.165, 1.54) is 37.2 Å². The molecule has 1 atom stereocenters. The van der Waals surface area contributed by atoms with Gasteiger partial charge in [-0.15, -0.1) is 0 Å². The summed E-state index contributed by atoms with van der Waals surface area (Å²) in [6, 6.07) is 2.99. The standard InChI is InChI=1S/C15H24N2OS/c1-11-9-17(5-6-19-11)10-13-7-15(18-12(13)2)8-16-14-3-4-14/h7,11,14,16H,3-6,8-10H2,1-2H3. The maximum Gasteiger partial charge on any atom is 0.118 e. The summed E-state index contributed by atoms with van der Waals surface area (Å²) < 4.78 is 5.87. The molecule has 1 saturated heterocycles. The Labute approximate surface area is 120 Å². The average molecular weight is 280 g/mol. The first-order valence-corrected chi connectivity index (χ1v) is 8.41. The summed E-state index contributed by atoms with van der Waals surface area (Å²) in [5.74, 6) is 3.45. The van der Waals surface area contributed by atoms with Gasteiger partial charge in [0, 0.05) is 42.2 Å². The largest absolute Gasteiger partial charge is 0.465 e. The molecule has 0 aromatic carbocycles. The third-order valence-electron chi connectivity index (χ3n) is 3.93. The molecular weight excluding hydrogens is 256 g/mol. The van der Waals surface area contributed by atoms with E-state index < -0.39 is 0 Å². The Hall–Kier alpha value is -0.450. The van der Waals surface area contributed by atoms with Gasteiger partial charge in [-0.25, -0.2) is 0 Å². The second-order valence-electron chi connectivity index (χ2n) is 5.87. The van der Waals surface area contributed by atoms with Crippen molar-refractivity contribution in [2.45, 2.75) is 51.1 Å². The van der Waals surface area contributed by atoms with E-state index in [4.69, 9.17) is 4.42 Å². The Kier molecular flexibility index (Phi) is 4.20. The number of nitrogens with one attached hydrogen (secondary N) is 1. The lowest BCUT2D eigenvalue weighted by atomic mass is 10.2. The zero-order valence-corrected chi connectivity index (χ0v) is 12.8. The van der Waals surface area contributed by atoms with Gasteiger partial charge in [-0.05, 0) is 25.8 Å². The van der Waals surface area contributed by atoms with Gasteiger partial charge in [-0.1, -0.05) is 6.92 Å². The molecule has 3 nitrogen and oxygen atoms in total. The summed E-state index contributed by atoms with van der Waals surface area (Å²) in [6.45, 7) is 8.75. The summed E-state index contributed by atoms with van der Waals surface area (Å²) in [5.41, 5.74) is 1.37. The van der Waals surface area contributed by atoms with Gasteiger partial charge in [0.25, 0.3) is 0 Å². The van der Waals surface area contributed by atoms with Crippen LogP contribution in [0.3, 0.4) is 0 Å². The Morgan fingerprint density at radius 1 is 1.47 bits per heavy atom. The lowest BCUT2D eigenvalue weighted by Gasteiger charge is -2.30. The molecule has 1 N–H and O–H groups in total. The van der Waals surface area contributed by atoms with Crippen LogP contribution in [0, 0.1) is 6.92 Å². The highest BCUT2D eigenvalue weighted by Crippen LogP contribution is 2.23. The molecule has 2 heterocycles. The van der Waals surface area contributed by atoms with Crippen molar-refractivity contribution in [1.29, 1.82) is 0 Å². The van der Waals surface area contributed by atoms with Gasteiger partial charge in [-0.3, -0.25) is 4.90 Å². The van der Waals surface area contributed by atoms with Crippen LogP contribution in [0.5, 0.6) is 0 Å². The van der Waals surface area contributed by atoms with Crippen LogP contribution in [-0.2, 0) is 13.1 Å². The first-order valence-electron chi connectivity index (χ1n) is 7.36. The number of furan rings is 1. The zero-order valence-electron chi connectivity index (χ0n) is 11.9. The van der Waals surface area contributed by atoms with E-state index in [0.717, 1.165) is 35.9 Å². The van der Waals surface area contributed by atoms with E-state index in [-0.39, 0.29) is 0 Å². The van der Waals surface area contributed by atoms with Crippen molar-refractivity contribution >= 4 is 11.8 Å². The molecule has 3 rings (SSSR count). The molecule has 0 amide bonds. The molecule has 0 bridgehead atoms. The maximum atomic E-state index is 5.87. The van der Waals surface area contributed by atoms with E-state index in [1.807, 2.05) is 0 Å². The zero-order chi connectivity index (χ0) is 13.2. The summed E-state index contributed by atoms with van der Waals surface area (Å²) in [4.78, 5) is 2.55. The van der Waals surface area contributed by atoms with Gasteiger partial charge < -0.3 is 9.73 Å². The van der Waals surface area contributed by atoms with Crippen LogP contribution in [0.4, 0.5) is 0 Å². The van der Waals surface area contributed by atoms with Crippen molar-refractivity contribution in [3.05, 3.63) is 23.2 Å². The van der Waals surface area contributed by atoms with E-state index >= 15 is 0 Å². The molecule has 106 valence electrons. The van der Waals surface area contributed by atoms with E-state index in [1.54, 1.807) is 0 Å². The highest BCUT2D eigenvalue weighted by Gasteiger charge is 2.22. The molecule has 2 aliphatic rings.